The number of nitrogens with one attached hydrogen (secondary N) is 1. The number of nitrogens with zero attached hydrogens (tertiary/aromatic N) is 3. The Morgan fingerprint density at radius 3 is 3.06 bits per heavy atom. The number of amides is 1. The molecular formula is C10H17N5OS. The third-order valence-corrected chi connectivity index (χ3v) is 3.88. The molecule has 2 heterocycles. The maximum Gasteiger partial charge on any atom is 0.227 e. The zero-order chi connectivity index (χ0) is 12.5. The first kappa shape index (κ1) is 12.3. The topological polar surface area (TPSA) is 84.1 Å². The van der Waals surface area contributed by atoms with Crippen molar-refractivity contribution in [3.8, 4) is 0 Å². The lowest BCUT2D eigenvalue weighted by Gasteiger charge is -2.22. The van der Waals surface area contributed by atoms with Gasteiger partial charge in [-0.2, -0.15) is 0 Å². The molecule has 1 saturated heterocycles. The second-order valence-corrected chi connectivity index (χ2v) is 5.47. The summed E-state index contributed by atoms with van der Waals surface area (Å²) in [6, 6.07) is 0. The third-order valence-electron chi connectivity index (χ3n) is 3.29. The minimum absolute atomic E-state index is 0.101. The van der Waals surface area contributed by atoms with E-state index in [2.05, 4.69) is 19.8 Å². The highest BCUT2D eigenvalue weighted by Gasteiger charge is 2.39. The molecule has 2 rings (SSSR count). The smallest absolute Gasteiger partial charge is 0.227 e. The highest BCUT2D eigenvalue weighted by molar-refractivity contribution is 7.09. The molecule has 1 amide bonds. The minimum Gasteiger partial charge on any atom is -0.388 e. The van der Waals surface area contributed by atoms with Crippen molar-refractivity contribution in [3.05, 3.63) is 5.69 Å². The van der Waals surface area contributed by atoms with Crippen molar-refractivity contribution in [2.45, 2.75) is 19.9 Å². The number of nitrogen functional groups attached to an aromatic ring is 1. The fraction of sp³-hybridized carbons (Fsp3) is 0.700. The van der Waals surface area contributed by atoms with E-state index in [0.29, 0.717) is 11.5 Å². The highest BCUT2D eigenvalue weighted by Crippen LogP contribution is 2.31. The lowest BCUT2D eigenvalue weighted by Crippen LogP contribution is -2.39. The SMILES string of the molecule is CNC(=O)C1(C)CCN(Cc2nnsc2N)C1. The number of rotatable bonds is 3. The van der Waals surface area contributed by atoms with Crippen LogP contribution in [0.25, 0.3) is 0 Å². The number of likely N-dealkylation sites (tertiary alicyclic amines) is 1. The predicted octanol–water partition coefficient (Wildman–Crippen LogP) is 0.0783. The molecule has 1 fully saturated rings. The molecule has 1 unspecified atom stereocenters. The number of carbonyl (C=O) groups excluding carboxylic acids is 1. The molecule has 1 atom stereocenters. The van der Waals surface area contributed by atoms with Crippen LogP contribution in [0.2, 0.25) is 0 Å². The summed E-state index contributed by atoms with van der Waals surface area (Å²) in [5, 5.41) is 7.38. The molecule has 17 heavy (non-hydrogen) atoms. The minimum atomic E-state index is -0.299. The van der Waals surface area contributed by atoms with E-state index in [9.17, 15) is 4.79 Å². The Balaban J connectivity index is 1.99. The van der Waals surface area contributed by atoms with Crippen LogP contribution in [-0.2, 0) is 11.3 Å². The number of carbonyl (C=O) groups is 1. The van der Waals surface area contributed by atoms with E-state index in [1.54, 1.807) is 7.05 Å². The molecule has 1 aliphatic heterocycles. The van der Waals surface area contributed by atoms with Crippen LogP contribution in [0.5, 0.6) is 0 Å². The number of nitrogens with two attached hydrogens (primary N) is 1. The van der Waals surface area contributed by atoms with E-state index < -0.39 is 0 Å². The molecular weight excluding hydrogens is 238 g/mol. The molecule has 0 radical (unpaired) electrons. The number of hydrogen-bond donors (Lipinski definition) is 2. The van der Waals surface area contributed by atoms with Gasteiger partial charge in [0.15, 0.2) is 0 Å². The fourth-order valence-corrected chi connectivity index (χ4v) is 2.65. The lowest BCUT2D eigenvalue weighted by molar-refractivity contribution is -0.129. The van der Waals surface area contributed by atoms with Crippen LogP contribution < -0.4 is 11.1 Å². The van der Waals surface area contributed by atoms with Crippen LogP contribution in [0.15, 0.2) is 0 Å². The van der Waals surface area contributed by atoms with Gasteiger partial charge in [-0.05, 0) is 19.9 Å². The van der Waals surface area contributed by atoms with Gasteiger partial charge in [0.25, 0.3) is 0 Å². The number of hydrogen-bond acceptors (Lipinski definition) is 6. The first-order chi connectivity index (χ1) is 8.05. The molecule has 0 spiro atoms. The highest BCUT2D eigenvalue weighted by atomic mass is 32.1. The van der Waals surface area contributed by atoms with Gasteiger partial charge in [-0.15, -0.1) is 5.10 Å². The van der Waals surface area contributed by atoms with Crippen LogP contribution >= 0.6 is 11.5 Å². The summed E-state index contributed by atoms with van der Waals surface area (Å²) in [6.07, 6.45) is 0.865. The van der Waals surface area contributed by atoms with Crippen LogP contribution in [0.4, 0.5) is 5.00 Å². The van der Waals surface area contributed by atoms with Crippen LogP contribution in [0, 0.1) is 5.41 Å². The quantitative estimate of drug-likeness (QED) is 0.799. The van der Waals surface area contributed by atoms with Gasteiger partial charge in [-0.1, -0.05) is 4.49 Å². The van der Waals surface area contributed by atoms with E-state index in [1.165, 1.54) is 11.5 Å². The Morgan fingerprint density at radius 1 is 1.71 bits per heavy atom. The van der Waals surface area contributed by atoms with E-state index in [1.807, 2.05) is 6.92 Å². The van der Waals surface area contributed by atoms with Crippen LogP contribution in [0.3, 0.4) is 0 Å². The first-order valence-electron chi connectivity index (χ1n) is 5.56. The lowest BCUT2D eigenvalue weighted by atomic mass is 9.89. The number of aromatic nitrogens is 2. The molecule has 1 aliphatic rings. The first-order valence-corrected chi connectivity index (χ1v) is 6.34. The largest absolute Gasteiger partial charge is 0.388 e. The van der Waals surface area contributed by atoms with Crippen molar-refractivity contribution in [2.24, 2.45) is 5.41 Å². The molecule has 6 nitrogen and oxygen atoms in total. The maximum atomic E-state index is 11.8. The van der Waals surface area contributed by atoms with Gasteiger partial charge in [-0.25, -0.2) is 0 Å². The Labute approximate surface area is 104 Å². The van der Waals surface area contributed by atoms with Gasteiger partial charge in [-0.3, -0.25) is 9.69 Å². The van der Waals surface area contributed by atoms with E-state index in [0.717, 1.165) is 25.2 Å². The molecule has 7 heteroatoms. The second kappa shape index (κ2) is 4.58. The molecule has 1 aromatic rings. The van der Waals surface area contributed by atoms with Crippen molar-refractivity contribution < 1.29 is 4.79 Å². The molecule has 0 aromatic carbocycles. The molecule has 0 bridgehead atoms. The second-order valence-electron chi connectivity index (χ2n) is 4.68. The zero-order valence-electron chi connectivity index (χ0n) is 10.1. The molecule has 0 saturated carbocycles. The van der Waals surface area contributed by atoms with Crippen LogP contribution in [0.1, 0.15) is 19.0 Å². The molecule has 1 aromatic heterocycles. The van der Waals surface area contributed by atoms with Gasteiger partial charge in [0.2, 0.25) is 5.91 Å². The summed E-state index contributed by atoms with van der Waals surface area (Å²) in [6.45, 7) is 4.30. The Kier molecular flexibility index (Phi) is 3.30. The summed E-state index contributed by atoms with van der Waals surface area (Å²) in [7, 11) is 1.68. The van der Waals surface area contributed by atoms with E-state index >= 15 is 0 Å². The predicted molar refractivity (Wildman–Crippen MR) is 66.4 cm³/mol. The standard InChI is InChI=1S/C10H17N5OS/c1-10(9(16)12-2)3-4-15(6-10)5-7-8(11)17-14-13-7/h3-6,11H2,1-2H3,(H,12,16). The maximum absolute atomic E-state index is 11.8. The van der Waals surface area contributed by atoms with Crippen LogP contribution in [-0.4, -0.2) is 40.5 Å². The van der Waals surface area contributed by atoms with Gasteiger partial charge >= 0.3 is 0 Å². The van der Waals surface area contributed by atoms with Gasteiger partial charge < -0.3 is 11.1 Å². The summed E-state index contributed by atoms with van der Waals surface area (Å²) >= 11 is 1.21. The van der Waals surface area contributed by atoms with Crippen molar-refractivity contribution in [1.29, 1.82) is 0 Å². The molecule has 3 N–H and O–H groups in total. The zero-order valence-corrected chi connectivity index (χ0v) is 10.9. The third kappa shape index (κ3) is 2.39. The van der Waals surface area contributed by atoms with Crippen molar-refractivity contribution in [1.82, 2.24) is 19.8 Å². The average molecular weight is 255 g/mol. The van der Waals surface area contributed by atoms with E-state index in [4.69, 9.17) is 5.73 Å². The fourth-order valence-electron chi connectivity index (χ4n) is 2.22. The normalized spacial score (nSPS) is 25.1. The van der Waals surface area contributed by atoms with Gasteiger partial charge in [0, 0.05) is 31.7 Å². The average Bonchev–Trinajstić information content (AvgIpc) is 2.87. The van der Waals surface area contributed by atoms with Gasteiger partial charge in [0.05, 0.1) is 5.41 Å². The Hall–Kier alpha value is -1.21. The summed E-state index contributed by atoms with van der Waals surface area (Å²) in [4.78, 5) is 14.0. The summed E-state index contributed by atoms with van der Waals surface area (Å²) in [5.74, 6) is 0.101. The molecule has 94 valence electrons. The van der Waals surface area contributed by atoms with Gasteiger partial charge in [0.1, 0.15) is 10.7 Å². The molecule has 0 aliphatic carbocycles. The van der Waals surface area contributed by atoms with Crippen molar-refractivity contribution in [3.63, 3.8) is 0 Å². The van der Waals surface area contributed by atoms with Crippen molar-refractivity contribution in [2.75, 3.05) is 25.9 Å². The Bertz CT molecular complexity index is 421. The monoisotopic (exact) mass is 255 g/mol. The van der Waals surface area contributed by atoms with Crippen molar-refractivity contribution >= 4 is 22.4 Å². The summed E-state index contributed by atoms with van der Waals surface area (Å²) in [5.41, 5.74) is 6.28. The summed E-state index contributed by atoms with van der Waals surface area (Å²) < 4.78 is 3.81. The Morgan fingerprint density at radius 2 is 2.47 bits per heavy atom. The number of anilines is 1. The van der Waals surface area contributed by atoms with E-state index in [-0.39, 0.29) is 11.3 Å².